The summed E-state index contributed by atoms with van der Waals surface area (Å²) in [6.07, 6.45) is 4.30. The van der Waals surface area contributed by atoms with Crippen molar-refractivity contribution in [2.24, 2.45) is 7.05 Å². The zero-order chi connectivity index (χ0) is 12.5. The molecule has 1 atom stereocenters. The van der Waals surface area contributed by atoms with Gasteiger partial charge in [0.15, 0.2) is 5.82 Å². The number of hydrogen-bond donors (Lipinski definition) is 1. The Morgan fingerprint density at radius 3 is 3.06 bits per heavy atom. The van der Waals surface area contributed by atoms with Gasteiger partial charge in [0.2, 0.25) is 0 Å². The summed E-state index contributed by atoms with van der Waals surface area (Å²) in [6.45, 7) is 3.89. The van der Waals surface area contributed by atoms with Crippen molar-refractivity contribution in [2.45, 2.75) is 25.7 Å². The fraction of sp³-hybridized carbons (Fsp3) is 0.583. The van der Waals surface area contributed by atoms with Gasteiger partial charge in [-0.1, -0.05) is 5.16 Å². The molecule has 96 valence electrons. The molecular formula is C12H17N5O. The second-order valence-electron chi connectivity index (χ2n) is 4.79. The van der Waals surface area contributed by atoms with Crippen LogP contribution in [-0.4, -0.2) is 33.0 Å². The van der Waals surface area contributed by atoms with Crippen molar-refractivity contribution in [1.29, 1.82) is 0 Å². The monoisotopic (exact) mass is 247 g/mol. The fourth-order valence-electron chi connectivity index (χ4n) is 2.46. The molecule has 0 spiro atoms. The summed E-state index contributed by atoms with van der Waals surface area (Å²) in [4.78, 5) is 4.30. The topological polar surface area (TPSA) is 68.8 Å². The Morgan fingerprint density at radius 2 is 2.39 bits per heavy atom. The number of rotatable bonds is 2. The molecule has 3 rings (SSSR count). The third-order valence-corrected chi connectivity index (χ3v) is 3.30. The van der Waals surface area contributed by atoms with Crippen molar-refractivity contribution >= 4 is 0 Å². The minimum atomic E-state index is 0.433. The summed E-state index contributed by atoms with van der Waals surface area (Å²) < 4.78 is 7.08. The summed E-state index contributed by atoms with van der Waals surface area (Å²) >= 11 is 0. The molecule has 6 heteroatoms. The fourth-order valence-corrected chi connectivity index (χ4v) is 2.46. The number of aryl methyl sites for hydroxylation is 2. The number of nitrogens with zero attached hydrogens (tertiary/aromatic N) is 4. The normalized spacial score (nSPS) is 20.2. The van der Waals surface area contributed by atoms with Crippen LogP contribution in [0.2, 0.25) is 0 Å². The zero-order valence-corrected chi connectivity index (χ0v) is 10.7. The van der Waals surface area contributed by atoms with E-state index in [1.165, 1.54) is 6.42 Å². The van der Waals surface area contributed by atoms with E-state index in [4.69, 9.17) is 4.52 Å². The quantitative estimate of drug-likeness (QED) is 0.864. The first-order valence-electron chi connectivity index (χ1n) is 6.29. The first-order valence-corrected chi connectivity index (χ1v) is 6.29. The van der Waals surface area contributed by atoms with E-state index in [-0.39, 0.29) is 0 Å². The van der Waals surface area contributed by atoms with Gasteiger partial charge in [-0.3, -0.25) is 4.68 Å². The molecule has 2 aromatic heterocycles. The Bertz CT molecular complexity index is 538. The van der Waals surface area contributed by atoms with E-state index in [0.29, 0.717) is 17.6 Å². The molecule has 0 bridgehead atoms. The highest BCUT2D eigenvalue weighted by Crippen LogP contribution is 2.30. The second-order valence-corrected chi connectivity index (χ2v) is 4.79. The maximum absolute atomic E-state index is 5.26. The van der Waals surface area contributed by atoms with Gasteiger partial charge in [-0.25, -0.2) is 0 Å². The summed E-state index contributed by atoms with van der Waals surface area (Å²) in [5.74, 6) is 1.66. The van der Waals surface area contributed by atoms with E-state index in [0.717, 1.165) is 30.8 Å². The Hall–Kier alpha value is -1.69. The molecule has 0 amide bonds. The number of nitrogens with one attached hydrogen (secondary N) is 1. The molecule has 6 nitrogen and oxygen atoms in total. The predicted molar refractivity (Wildman–Crippen MR) is 66.1 cm³/mol. The summed E-state index contributed by atoms with van der Waals surface area (Å²) in [5.41, 5.74) is 2.03. The van der Waals surface area contributed by atoms with E-state index < -0.39 is 0 Å². The summed E-state index contributed by atoms with van der Waals surface area (Å²) in [6, 6.07) is 0. The summed E-state index contributed by atoms with van der Waals surface area (Å²) in [7, 11) is 1.92. The van der Waals surface area contributed by atoms with Crippen LogP contribution in [0.4, 0.5) is 0 Å². The lowest BCUT2D eigenvalue weighted by molar-refractivity contribution is 0.422. The number of piperidine rings is 1. The van der Waals surface area contributed by atoms with Gasteiger partial charge in [-0.05, 0) is 26.3 Å². The van der Waals surface area contributed by atoms with E-state index in [9.17, 15) is 0 Å². The predicted octanol–water partition coefficient (Wildman–Crippen LogP) is 1.25. The van der Waals surface area contributed by atoms with Crippen molar-refractivity contribution in [3.05, 3.63) is 17.7 Å². The van der Waals surface area contributed by atoms with Crippen LogP contribution in [0.5, 0.6) is 0 Å². The van der Waals surface area contributed by atoms with Crippen molar-refractivity contribution in [3.63, 3.8) is 0 Å². The van der Waals surface area contributed by atoms with Crippen LogP contribution in [0, 0.1) is 6.92 Å². The first-order chi connectivity index (χ1) is 8.74. The molecule has 1 N–H and O–H groups in total. The molecule has 1 fully saturated rings. The highest BCUT2D eigenvalue weighted by Gasteiger charge is 2.24. The molecule has 1 saturated heterocycles. The molecule has 0 aromatic carbocycles. The van der Waals surface area contributed by atoms with E-state index in [1.54, 1.807) is 0 Å². The number of hydrogen-bond acceptors (Lipinski definition) is 5. The van der Waals surface area contributed by atoms with Crippen molar-refractivity contribution in [3.8, 4) is 11.5 Å². The highest BCUT2D eigenvalue weighted by atomic mass is 16.5. The van der Waals surface area contributed by atoms with Crippen LogP contribution in [0.15, 0.2) is 10.7 Å². The molecule has 1 unspecified atom stereocenters. The second kappa shape index (κ2) is 4.53. The summed E-state index contributed by atoms with van der Waals surface area (Å²) in [5, 5.41) is 11.8. The Labute approximate surface area is 105 Å². The smallest absolute Gasteiger partial charge is 0.261 e. The third-order valence-electron chi connectivity index (χ3n) is 3.30. The lowest BCUT2D eigenvalue weighted by atomic mass is 9.94. The third kappa shape index (κ3) is 2.03. The van der Waals surface area contributed by atoms with Crippen molar-refractivity contribution < 1.29 is 4.52 Å². The van der Waals surface area contributed by atoms with Crippen LogP contribution in [-0.2, 0) is 7.05 Å². The van der Waals surface area contributed by atoms with Gasteiger partial charge in [0.05, 0.1) is 11.3 Å². The highest BCUT2D eigenvalue weighted by molar-refractivity contribution is 5.56. The van der Waals surface area contributed by atoms with Crippen LogP contribution in [0.3, 0.4) is 0 Å². The van der Waals surface area contributed by atoms with Crippen LogP contribution in [0.1, 0.15) is 30.3 Å². The largest absolute Gasteiger partial charge is 0.334 e. The first kappa shape index (κ1) is 11.4. The molecule has 0 saturated carbocycles. The minimum Gasteiger partial charge on any atom is -0.334 e. The molecule has 0 aliphatic carbocycles. The van der Waals surface area contributed by atoms with E-state index in [1.807, 2.05) is 24.9 Å². The molecule has 1 aliphatic rings. The van der Waals surface area contributed by atoms with E-state index in [2.05, 4.69) is 20.6 Å². The maximum atomic E-state index is 5.26. The Balaban J connectivity index is 1.98. The van der Waals surface area contributed by atoms with Gasteiger partial charge in [0, 0.05) is 25.7 Å². The Kier molecular flexibility index (Phi) is 2.87. The molecule has 0 radical (unpaired) electrons. The van der Waals surface area contributed by atoms with Crippen molar-refractivity contribution in [2.75, 3.05) is 13.1 Å². The lowest BCUT2D eigenvalue weighted by Crippen LogP contribution is -2.28. The molecular weight excluding hydrogens is 230 g/mol. The number of aromatic nitrogens is 4. The zero-order valence-electron chi connectivity index (χ0n) is 10.7. The van der Waals surface area contributed by atoms with Crippen molar-refractivity contribution in [1.82, 2.24) is 25.2 Å². The average molecular weight is 247 g/mol. The minimum absolute atomic E-state index is 0.433. The average Bonchev–Trinajstić information content (AvgIpc) is 2.96. The maximum Gasteiger partial charge on any atom is 0.261 e. The van der Waals surface area contributed by atoms with Gasteiger partial charge >= 0.3 is 0 Å². The lowest BCUT2D eigenvalue weighted by Gasteiger charge is -2.21. The van der Waals surface area contributed by atoms with Gasteiger partial charge in [-0.15, -0.1) is 0 Å². The van der Waals surface area contributed by atoms with Gasteiger partial charge in [-0.2, -0.15) is 10.1 Å². The van der Waals surface area contributed by atoms with Gasteiger partial charge in [0.25, 0.3) is 5.89 Å². The Morgan fingerprint density at radius 1 is 1.50 bits per heavy atom. The molecule has 18 heavy (non-hydrogen) atoms. The van der Waals surface area contributed by atoms with Crippen LogP contribution in [0.25, 0.3) is 11.5 Å². The molecule has 1 aliphatic heterocycles. The van der Waals surface area contributed by atoms with Gasteiger partial charge < -0.3 is 9.84 Å². The van der Waals surface area contributed by atoms with Crippen LogP contribution < -0.4 is 5.32 Å². The van der Waals surface area contributed by atoms with Gasteiger partial charge in [0.1, 0.15) is 0 Å². The molecule has 2 aromatic rings. The van der Waals surface area contributed by atoms with Crippen LogP contribution >= 0.6 is 0 Å². The molecule has 3 heterocycles. The van der Waals surface area contributed by atoms with E-state index >= 15 is 0 Å². The SMILES string of the molecule is Cc1noc(-c2cn(C)nc2C2CCCNC2)n1. The standard InChI is InChI=1S/C12H17N5O/c1-8-14-12(18-16-8)10-7-17(2)15-11(10)9-4-3-5-13-6-9/h7,9,13H,3-6H2,1-2H3.